The summed E-state index contributed by atoms with van der Waals surface area (Å²) in [6.07, 6.45) is 8.52. The SMILES string of the molecule is CN(c1ccc(-c2ccc(-c3cn[nH]c3)cc2O)nn1)C1C[C@H]2CC[C@@H](C1)N2C. The molecule has 0 amide bonds. The molecule has 2 aliphatic heterocycles. The number of benzene rings is 1. The number of nitrogens with zero attached hydrogens (tertiary/aromatic N) is 5. The Hall–Kier alpha value is -2.93. The predicted octanol–water partition coefficient (Wildman–Crippen LogP) is 3.30. The Kier molecular flexibility index (Phi) is 4.47. The van der Waals surface area contributed by atoms with Gasteiger partial charge in [0.05, 0.1) is 11.9 Å². The Morgan fingerprint density at radius 3 is 2.48 bits per heavy atom. The molecule has 2 fully saturated rings. The summed E-state index contributed by atoms with van der Waals surface area (Å²) in [5.74, 6) is 1.07. The van der Waals surface area contributed by atoms with Crippen molar-refractivity contribution >= 4 is 5.82 Å². The second-order valence-electron chi connectivity index (χ2n) is 8.28. The molecule has 2 aromatic heterocycles. The maximum atomic E-state index is 10.5. The lowest BCUT2D eigenvalue weighted by Crippen LogP contribution is -2.48. The van der Waals surface area contributed by atoms with E-state index in [1.54, 1.807) is 18.5 Å². The third-order valence-electron chi connectivity index (χ3n) is 6.74. The number of piperidine rings is 1. The fraction of sp³-hybridized carbons (Fsp3) is 0.409. The van der Waals surface area contributed by atoms with Crippen LogP contribution in [0.25, 0.3) is 22.4 Å². The van der Waals surface area contributed by atoms with Gasteiger partial charge in [0.1, 0.15) is 5.75 Å². The molecule has 2 aliphatic rings. The first-order valence-electron chi connectivity index (χ1n) is 10.2. The number of rotatable bonds is 4. The highest BCUT2D eigenvalue weighted by molar-refractivity contribution is 5.73. The second kappa shape index (κ2) is 7.15. The van der Waals surface area contributed by atoms with E-state index in [9.17, 15) is 5.11 Å². The Labute approximate surface area is 170 Å². The topological polar surface area (TPSA) is 81.2 Å². The van der Waals surface area contributed by atoms with E-state index < -0.39 is 0 Å². The van der Waals surface area contributed by atoms with Gasteiger partial charge in [-0.3, -0.25) is 5.10 Å². The lowest BCUT2D eigenvalue weighted by atomic mass is 9.97. The summed E-state index contributed by atoms with van der Waals surface area (Å²) in [5, 5.41) is 26.1. The molecule has 0 radical (unpaired) electrons. The van der Waals surface area contributed by atoms with Crippen LogP contribution in [0.2, 0.25) is 0 Å². The first-order valence-corrected chi connectivity index (χ1v) is 10.2. The number of aromatic amines is 1. The van der Waals surface area contributed by atoms with Gasteiger partial charge >= 0.3 is 0 Å². The molecule has 3 atom stereocenters. The van der Waals surface area contributed by atoms with Crippen LogP contribution in [0, 0.1) is 0 Å². The van der Waals surface area contributed by atoms with Crippen molar-refractivity contribution in [2.45, 2.75) is 43.8 Å². The third kappa shape index (κ3) is 3.25. The van der Waals surface area contributed by atoms with Gasteiger partial charge in [0, 0.05) is 42.5 Å². The van der Waals surface area contributed by atoms with Gasteiger partial charge in [-0.2, -0.15) is 5.10 Å². The number of nitrogens with one attached hydrogen (secondary N) is 1. The standard InChI is InChI=1S/C22H26N6O/c1-27-16-4-5-17(27)11-18(10-16)28(2)22-8-7-20(25-26-22)19-6-3-14(9-21(19)29)15-12-23-24-13-15/h3,6-9,12-13,16-18,29H,4-5,10-11H2,1-2H3,(H,23,24)/t16-,17+,18?. The first kappa shape index (κ1) is 18.1. The summed E-state index contributed by atoms with van der Waals surface area (Å²) >= 11 is 0. The van der Waals surface area contributed by atoms with Crippen molar-refractivity contribution in [2.24, 2.45) is 0 Å². The van der Waals surface area contributed by atoms with Gasteiger partial charge in [-0.05, 0) is 62.6 Å². The smallest absolute Gasteiger partial charge is 0.151 e. The molecule has 29 heavy (non-hydrogen) atoms. The number of hydrogen-bond donors (Lipinski definition) is 2. The van der Waals surface area contributed by atoms with Crippen LogP contribution in [0.1, 0.15) is 25.7 Å². The minimum atomic E-state index is 0.186. The molecule has 1 unspecified atom stereocenters. The van der Waals surface area contributed by atoms with E-state index in [-0.39, 0.29) is 5.75 Å². The molecule has 2 bridgehead atoms. The highest BCUT2D eigenvalue weighted by Gasteiger charge is 2.39. The van der Waals surface area contributed by atoms with Crippen LogP contribution >= 0.6 is 0 Å². The fourth-order valence-corrected chi connectivity index (χ4v) is 4.88. The van der Waals surface area contributed by atoms with Crippen molar-refractivity contribution in [1.29, 1.82) is 0 Å². The third-order valence-corrected chi connectivity index (χ3v) is 6.74. The summed E-state index contributed by atoms with van der Waals surface area (Å²) in [5.41, 5.74) is 3.18. The molecule has 3 aromatic rings. The number of hydrogen-bond acceptors (Lipinski definition) is 6. The van der Waals surface area contributed by atoms with E-state index in [2.05, 4.69) is 44.3 Å². The normalized spacial score (nSPS) is 24.0. The van der Waals surface area contributed by atoms with E-state index in [1.165, 1.54) is 25.7 Å². The lowest BCUT2D eigenvalue weighted by Gasteiger charge is -2.40. The molecule has 2 saturated heterocycles. The molecule has 150 valence electrons. The van der Waals surface area contributed by atoms with Crippen LogP contribution in [0.4, 0.5) is 5.82 Å². The van der Waals surface area contributed by atoms with Gasteiger partial charge < -0.3 is 14.9 Å². The van der Waals surface area contributed by atoms with Gasteiger partial charge in [-0.15, -0.1) is 10.2 Å². The molecular weight excluding hydrogens is 364 g/mol. The van der Waals surface area contributed by atoms with Crippen LogP contribution in [0.15, 0.2) is 42.7 Å². The maximum Gasteiger partial charge on any atom is 0.151 e. The summed E-state index contributed by atoms with van der Waals surface area (Å²) in [6.45, 7) is 0. The molecule has 4 heterocycles. The molecule has 2 N–H and O–H groups in total. The summed E-state index contributed by atoms with van der Waals surface area (Å²) in [7, 11) is 4.38. The Morgan fingerprint density at radius 2 is 1.86 bits per heavy atom. The Bertz CT molecular complexity index is 973. The van der Waals surface area contributed by atoms with Crippen molar-refractivity contribution in [2.75, 3.05) is 19.0 Å². The number of phenolic OH excluding ortho intramolecular Hbond substituents is 1. The van der Waals surface area contributed by atoms with Crippen LogP contribution < -0.4 is 4.90 Å². The largest absolute Gasteiger partial charge is 0.507 e. The van der Waals surface area contributed by atoms with Crippen molar-refractivity contribution in [3.8, 4) is 28.1 Å². The zero-order chi connectivity index (χ0) is 20.0. The zero-order valence-electron chi connectivity index (χ0n) is 16.8. The molecule has 0 saturated carbocycles. The second-order valence-corrected chi connectivity index (χ2v) is 8.28. The van der Waals surface area contributed by atoms with E-state index in [0.717, 1.165) is 16.9 Å². The maximum absolute atomic E-state index is 10.5. The number of anilines is 1. The molecule has 0 aliphatic carbocycles. The van der Waals surface area contributed by atoms with Gasteiger partial charge in [0.2, 0.25) is 0 Å². The number of fused-ring (bicyclic) bond motifs is 2. The summed E-state index contributed by atoms with van der Waals surface area (Å²) < 4.78 is 0. The van der Waals surface area contributed by atoms with Gasteiger partial charge in [-0.25, -0.2) is 0 Å². The molecule has 7 heteroatoms. The molecular formula is C22H26N6O. The zero-order valence-corrected chi connectivity index (χ0v) is 16.8. The fourth-order valence-electron chi connectivity index (χ4n) is 4.88. The highest BCUT2D eigenvalue weighted by atomic mass is 16.3. The number of aromatic hydroxyl groups is 1. The van der Waals surface area contributed by atoms with Crippen LogP contribution in [-0.2, 0) is 0 Å². The van der Waals surface area contributed by atoms with E-state index in [0.29, 0.717) is 29.4 Å². The number of H-pyrrole nitrogens is 1. The monoisotopic (exact) mass is 390 g/mol. The number of aromatic nitrogens is 4. The molecule has 0 spiro atoms. The van der Waals surface area contributed by atoms with Gasteiger partial charge in [0.15, 0.2) is 5.82 Å². The van der Waals surface area contributed by atoms with E-state index in [1.807, 2.05) is 24.3 Å². The van der Waals surface area contributed by atoms with E-state index >= 15 is 0 Å². The highest BCUT2D eigenvalue weighted by Crippen LogP contribution is 2.37. The molecule has 7 nitrogen and oxygen atoms in total. The lowest BCUT2D eigenvalue weighted by molar-refractivity contribution is 0.160. The minimum Gasteiger partial charge on any atom is -0.507 e. The van der Waals surface area contributed by atoms with Crippen molar-refractivity contribution in [3.63, 3.8) is 0 Å². The Morgan fingerprint density at radius 1 is 1.07 bits per heavy atom. The van der Waals surface area contributed by atoms with Crippen molar-refractivity contribution in [3.05, 3.63) is 42.7 Å². The predicted molar refractivity (Wildman–Crippen MR) is 113 cm³/mol. The van der Waals surface area contributed by atoms with Crippen LogP contribution in [0.3, 0.4) is 0 Å². The van der Waals surface area contributed by atoms with Gasteiger partial charge in [0.25, 0.3) is 0 Å². The summed E-state index contributed by atoms with van der Waals surface area (Å²) in [6, 6.07) is 11.4. The number of phenols is 1. The summed E-state index contributed by atoms with van der Waals surface area (Å²) in [4.78, 5) is 4.83. The van der Waals surface area contributed by atoms with E-state index in [4.69, 9.17) is 0 Å². The van der Waals surface area contributed by atoms with Crippen molar-refractivity contribution < 1.29 is 5.11 Å². The quantitative estimate of drug-likeness (QED) is 0.711. The average molecular weight is 390 g/mol. The molecule has 1 aromatic carbocycles. The van der Waals surface area contributed by atoms with Crippen LogP contribution in [-0.4, -0.2) is 62.6 Å². The average Bonchev–Trinajstić information content (AvgIpc) is 3.33. The Balaban J connectivity index is 1.34. The molecule has 5 rings (SSSR count). The first-order chi connectivity index (χ1) is 14.1. The van der Waals surface area contributed by atoms with Gasteiger partial charge in [-0.1, -0.05) is 6.07 Å². The van der Waals surface area contributed by atoms with Crippen LogP contribution in [0.5, 0.6) is 5.75 Å². The minimum absolute atomic E-state index is 0.186. The van der Waals surface area contributed by atoms with Crippen molar-refractivity contribution in [1.82, 2.24) is 25.3 Å².